The number of carbonyl (C=O) groups is 2. The van der Waals surface area contributed by atoms with E-state index in [2.05, 4.69) is 30.4 Å². The lowest BCUT2D eigenvalue weighted by atomic mass is 10.3. The SMILES string of the molecule is C=CC(=O)NCNC(=O)C=C.C=CC(O)CC. The molecule has 17 heavy (non-hydrogen) atoms. The van der Waals surface area contributed by atoms with Crippen LogP contribution < -0.4 is 10.6 Å². The number of hydrogen-bond acceptors (Lipinski definition) is 3. The quantitative estimate of drug-likeness (QED) is 0.359. The van der Waals surface area contributed by atoms with Gasteiger partial charge in [0.2, 0.25) is 11.8 Å². The maximum Gasteiger partial charge on any atom is 0.244 e. The summed E-state index contributed by atoms with van der Waals surface area (Å²) in [7, 11) is 0. The van der Waals surface area contributed by atoms with E-state index >= 15 is 0 Å². The van der Waals surface area contributed by atoms with E-state index in [0.717, 1.165) is 18.6 Å². The van der Waals surface area contributed by atoms with Crippen LogP contribution in [0.5, 0.6) is 0 Å². The van der Waals surface area contributed by atoms with Gasteiger partial charge in [-0.05, 0) is 18.6 Å². The molecule has 0 spiro atoms. The van der Waals surface area contributed by atoms with Crippen molar-refractivity contribution in [2.45, 2.75) is 19.4 Å². The van der Waals surface area contributed by atoms with Gasteiger partial charge < -0.3 is 15.7 Å². The highest BCUT2D eigenvalue weighted by atomic mass is 16.3. The molecule has 0 saturated carbocycles. The Bertz CT molecular complexity index is 255. The maximum absolute atomic E-state index is 10.5. The molecule has 0 aromatic carbocycles. The highest BCUT2D eigenvalue weighted by Gasteiger charge is 1.93. The average Bonchev–Trinajstić information content (AvgIpc) is 2.37. The molecule has 3 N–H and O–H groups in total. The van der Waals surface area contributed by atoms with Crippen LogP contribution in [0.4, 0.5) is 0 Å². The number of rotatable bonds is 6. The fourth-order valence-corrected chi connectivity index (χ4v) is 0.529. The summed E-state index contributed by atoms with van der Waals surface area (Å²) in [4.78, 5) is 21.0. The highest BCUT2D eigenvalue weighted by molar-refractivity contribution is 5.89. The van der Waals surface area contributed by atoms with E-state index in [4.69, 9.17) is 5.11 Å². The lowest BCUT2D eigenvalue weighted by Crippen LogP contribution is -2.35. The third kappa shape index (κ3) is 14.1. The van der Waals surface area contributed by atoms with Crippen LogP contribution in [0.25, 0.3) is 0 Å². The molecule has 1 atom stereocenters. The molecule has 0 aromatic rings. The lowest BCUT2D eigenvalue weighted by molar-refractivity contribution is -0.118. The zero-order valence-corrected chi connectivity index (χ0v) is 10.1. The fraction of sp³-hybridized carbons (Fsp3) is 0.333. The van der Waals surface area contributed by atoms with Crippen molar-refractivity contribution in [1.82, 2.24) is 10.6 Å². The van der Waals surface area contributed by atoms with Gasteiger partial charge in [-0.15, -0.1) is 6.58 Å². The first-order valence-corrected chi connectivity index (χ1v) is 5.12. The summed E-state index contributed by atoms with van der Waals surface area (Å²) in [5.41, 5.74) is 0. The summed E-state index contributed by atoms with van der Waals surface area (Å²) in [6.45, 7) is 11.9. The summed E-state index contributed by atoms with van der Waals surface area (Å²) < 4.78 is 0. The molecular formula is C12H20N2O3. The third-order valence-electron chi connectivity index (χ3n) is 1.59. The molecule has 2 amide bonds. The van der Waals surface area contributed by atoms with Crippen molar-refractivity contribution in [3.8, 4) is 0 Å². The molecule has 0 aliphatic carbocycles. The third-order valence-corrected chi connectivity index (χ3v) is 1.59. The maximum atomic E-state index is 10.5. The number of aliphatic hydroxyl groups is 1. The van der Waals surface area contributed by atoms with Crippen LogP contribution >= 0.6 is 0 Å². The van der Waals surface area contributed by atoms with Crippen molar-refractivity contribution in [2.75, 3.05) is 6.67 Å². The largest absolute Gasteiger partial charge is 0.389 e. The van der Waals surface area contributed by atoms with E-state index in [1.165, 1.54) is 6.08 Å². The molecular weight excluding hydrogens is 220 g/mol. The molecule has 5 nitrogen and oxygen atoms in total. The second kappa shape index (κ2) is 12.2. The van der Waals surface area contributed by atoms with E-state index < -0.39 is 0 Å². The van der Waals surface area contributed by atoms with Crippen LogP contribution in [0.15, 0.2) is 38.0 Å². The number of carbonyl (C=O) groups excluding carboxylic acids is 2. The molecule has 5 heteroatoms. The summed E-state index contributed by atoms with van der Waals surface area (Å²) in [5, 5.41) is 13.3. The van der Waals surface area contributed by atoms with Crippen LogP contribution in [0.1, 0.15) is 13.3 Å². The second-order valence-electron chi connectivity index (χ2n) is 2.88. The summed E-state index contributed by atoms with van der Waals surface area (Å²) >= 11 is 0. The molecule has 0 heterocycles. The first kappa shape index (κ1) is 17.5. The minimum absolute atomic E-state index is 0.0930. The summed E-state index contributed by atoms with van der Waals surface area (Å²) in [6, 6.07) is 0. The van der Waals surface area contributed by atoms with Gasteiger partial charge in [0.05, 0.1) is 12.8 Å². The number of hydrogen-bond donors (Lipinski definition) is 3. The minimum Gasteiger partial charge on any atom is -0.389 e. The van der Waals surface area contributed by atoms with E-state index in [1.54, 1.807) is 0 Å². The highest BCUT2D eigenvalue weighted by Crippen LogP contribution is 1.86. The summed E-state index contributed by atoms with van der Waals surface area (Å²) in [5.74, 6) is -0.649. The predicted octanol–water partition coefficient (Wildman–Crippen LogP) is 0.492. The van der Waals surface area contributed by atoms with Crippen molar-refractivity contribution >= 4 is 11.8 Å². The Kier molecular flexibility index (Phi) is 12.6. The van der Waals surface area contributed by atoms with E-state index in [0.29, 0.717) is 0 Å². The number of amides is 2. The van der Waals surface area contributed by atoms with E-state index in [9.17, 15) is 9.59 Å². The van der Waals surface area contributed by atoms with Gasteiger partial charge in [0.15, 0.2) is 0 Å². The van der Waals surface area contributed by atoms with Crippen LogP contribution in [0.2, 0.25) is 0 Å². The smallest absolute Gasteiger partial charge is 0.244 e. The van der Waals surface area contributed by atoms with Crippen molar-refractivity contribution in [3.05, 3.63) is 38.0 Å². The fourth-order valence-electron chi connectivity index (χ4n) is 0.529. The molecule has 0 aromatic heterocycles. The first-order chi connectivity index (χ1) is 8.01. The van der Waals surface area contributed by atoms with E-state index in [-0.39, 0.29) is 24.6 Å². The molecule has 0 radical (unpaired) electrons. The van der Waals surface area contributed by atoms with Gasteiger partial charge in [-0.1, -0.05) is 26.2 Å². The van der Waals surface area contributed by atoms with E-state index in [1.807, 2.05) is 6.92 Å². The monoisotopic (exact) mass is 240 g/mol. The van der Waals surface area contributed by atoms with Crippen molar-refractivity contribution < 1.29 is 14.7 Å². The minimum atomic E-state index is -0.325. The molecule has 0 saturated heterocycles. The molecule has 0 rings (SSSR count). The standard InChI is InChI=1S/C7H10N2O2.C5H10O/c1-3-6(10)8-5-9-7(11)4-2;1-3-5(6)4-2/h3-4H,1-2,5H2,(H,8,10)(H,9,11);3,5-6H,1,4H2,2H3. The molecule has 96 valence electrons. The van der Waals surface area contributed by atoms with Gasteiger partial charge >= 0.3 is 0 Å². The van der Waals surface area contributed by atoms with Gasteiger partial charge in [0, 0.05) is 0 Å². The average molecular weight is 240 g/mol. The normalized spacial score (nSPS) is 10.0. The molecule has 0 aliphatic rings. The second-order valence-corrected chi connectivity index (χ2v) is 2.88. The van der Waals surface area contributed by atoms with Crippen LogP contribution in [-0.4, -0.2) is 29.7 Å². The van der Waals surface area contributed by atoms with Gasteiger partial charge in [-0.2, -0.15) is 0 Å². The molecule has 1 unspecified atom stereocenters. The Labute approximate surface area is 102 Å². The van der Waals surface area contributed by atoms with Crippen LogP contribution in [-0.2, 0) is 9.59 Å². The van der Waals surface area contributed by atoms with Crippen molar-refractivity contribution in [2.24, 2.45) is 0 Å². The predicted molar refractivity (Wildman–Crippen MR) is 68.0 cm³/mol. The number of aliphatic hydroxyl groups excluding tert-OH is 1. The Hall–Kier alpha value is -1.88. The van der Waals surface area contributed by atoms with Gasteiger partial charge in [-0.25, -0.2) is 0 Å². The Morgan fingerprint density at radius 3 is 1.76 bits per heavy atom. The Morgan fingerprint density at radius 1 is 1.18 bits per heavy atom. The molecule has 0 fully saturated rings. The van der Waals surface area contributed by atoms with Gasteiger partial charge in [-0.3, -0.25) is 9.59 Å². The summed E-state index contributed by atoms with van der Waals surface area (Å²) in [6.07, 6.45) is 4.24. The molecule has 0 aliphatic heterocycles. The van der Waals surface area contributed by atoms with Crippen molar-refractivity contribution in [3.63, 3.8) is 0 Å². The van der Waals surface area contributed by atoms with Crippen molar-refractivity contribution in [1.29, 1.82) is 0 Å². The van der Waals surface area contributed by atoms with Crippen LogP contribution in [0, 0.1) is 0 Å². The zero-order chi connectivity index (χ0) is 13.7. The number of nitrogens with one attached hydrogen (secondary N) is 2. The lowest BCUT2D eigenvalue weighted by Gasteiger charge is -2.01. The first-order valence-electron chi connectivity index (χ1n) is 5.12. The van der Waals surface area contributed by atoms with Gasteiger partial charge in [0.1, 0.15) is 0 Å². The zero-order valence-electron chi connectivity index (χ0n) is 10.1. The topological polar surface area (TPSA) is 78.4 Å². The Morgan fingerprint density at radius 2 is 1.59 bits per heavy atom. The van der Waals surface area contributed by atoms with Gasteiger partial charge in [0.25, 0.3) is 0 Å². The van der Waals surface area contributed by atoms with Crippen LogP contribution in [0.3, 0.4) is 0 Å². The molecule has 0 bridgehead atoms. The Balaban J connectivity index is 0.